The van der Waals surface area contributed by atoms with Gasteiger partial charge in [0.2, 0.25) is 0 Å². The molecule has 1 aromatic carbocycles. The lowest BCUT2D eigenvalue weighted by Gasteiger charge is -2.05. The summed E-state index contributed by atoms with van der Waals surface area (Å²) in [5, 5.41) is 9.03. The fourth-order valence-corrected chi connectivity index (χ4v) is 3.19. The number of aryl methyl sites for hydroxylation is 2. The second-order valence-electron chi connectivity index (χ2n) is 4.77. The van der Waals surface area contributed by atoms with Gasteiger partial charge in [0, 0.05) is 9.75 Å². The summed E-state index contributed by atoms with van der Waals surface area (Å²) in [6, 6.07) is 9.32. The second kappa shape index (κ2) is 4.76. The van der Waals surface area contributed by atoms with Gasteiger partial charge in [-0.2, -0.15) is 0 Å². The van der Waals surface area contributed by atoms with Crippen LogP contribution >= 0.6 is 11.3 Å². The minimum atomic E-state index is -0.923. The van der Waals surface area contributed by atoms with Crippen LogP contribution in [-0.2, 0) is 6.54 Å². The van der Waals surface area contributed by atoms with Crippen molar-refractivity contribution in [3.63, 3.8) is 0 Å². The smallest absolute Gasteiger partial charge is 0.335 e. The molecule has 2 aromatic heterocycles. The monoisotopic (exact) mass is 286 g/mol. The van der Waals surface area contributed by atoms with Gasteiger partial charge >= 0.3 is 5.97 Å². The fourth-order valence-electron chi connectivity index (χ4n) is 2.31. The summed E-state index contributed by atoms with van der Waals surface area (Å²) in [5.41, 5.74) is 1.98. The van der Waals surface area contributed by atoms with Gasteiger partial charge in [-0.05, 0) is 44.2 Å². The fraction of sp³-hybridized carbons (Fsp3) is 0.200. The first kappa shape index (κ1) is 12.9. The van der Waals surface area contributed by atoms with E-state index < -0.39 is 5.97 Å². The van der Waals surface area contributed by atoms with Crippen molar-refractivity contribution in [1.82, 2.24) is 9.55 Å². The van der Waals surface area contributed by atoms with Crippen LogP contribution < -0.4 is 0 Å². The molecule has 0 radical (unpaired) electrons. The number of aromatic carboxylic acids is 1. The predicted molar refractivity (Wildman–Crippen MR) is 79.6 cm³/mol. The van der Waals surface area contributed by atoms with Crippen LogP contribution in [0.25, 0.3) is 11.0 Å². The van der Waals surface area contributed by atoms with Crippen LogP contribution in [0.3, 0.4) is 0 Å². The molecule has 0 aliphatic heterocycles. The van der Waals surface area contributed by atoms with Gasteiger partial charge < -0.3 is 9.67 Å². The number of hydrogen-bond acceptors (Lipinski definition) is 3. The van der Waals surface area contributed by atoms with Gasteiger partial charge in [-0.1, -0.05) is 0 Å². The number of carbonyl (C=O) groups is 1. The number of rotatable bonds is 3. The van der Waals surface area contributed by atoms with Crippen molar-refractivity contribution in [2.75, 3.05) is 0 Å². The number of nitrogens with zero attached hydrogens (tertiary/aromatic N) is 2. The molecule has 102 valence electrons. The van der Waals surface area contributed by atoms with Gasteiger partial charge in [-0.3, -0.25) is 0 Å². The molecule has 4 nitrogen and oxygen atoms in total. The van der Waals surface area contributed by atoms with Crippen molar-refractivity contribution in [3.8, 4) is 0 Å². The van der Waals surface area contributed by atoms with Gasteiger partial charge in [0.15, 0.2) is 0 Å². The van der Waals surface area contributed by atoms with Crippen LogP contribution in [-0.4, -0.2) is 20.6 Å². The number of carboxylic acids is 1. The van der Waals surface area contributed by atoms with E-state index >= 15 is 0 Å². The molecule has 0 atom stereocenters. The van der Waals surface area contributed by atoms with E-state index in [9.17, 15) is 4.79 Å². The van der Waals surface area contributed by atoms with E-state index in [4.69, 9.17) is 5.11 Å². The Morgan fingerprint density at radius 1 is 1.30 bits per heavy atom. The summed E-state index contributed by atoms with van der Waals surface area (Å²) in [7, 11) is 0. The number of fused-ring (bicyclic) bond motifs is 1. The van der Waals surface area contributed by atoms with E-state index in [1.165, 1.54) is 9.75 Å². The summed E-state index contributed by atoms with van der Waals surface area (Å²) < 4.78 is 2.12. The number of imidazole rings is 1. The Kier molecular flexibility index (Phi) is 3.06. The van der Waals surface area contributed by atoms with E-state index in [1.54, 1.807) is 23.5 Å². The number of aromatic nitrogens is 2. The van der Waals surface area contributed by atoms with Crippen LogP contribution in [0.4, 0.5) is 0 Å². The van der Waals surface area contributed by atoms with E-state index in [0.717, 1.165) is 23.4 Å². The summed E-state index contributed by atoms with van der Waals surface area (Å²) >= 11 is 1.77. The third kappa shape index (κ3) is 2.20. The van der Waals surface area contributed by atoms with Crippen molar-refractivity contribution in [1.29, 1.82) is 0 Å². The molecule has 0 saturated heterocycles. The number of carboxylic acid groups (broad SMARTS) is 1. The highest BCUT2D eigenvalue weighted by atomic mass is 32.1. The highest BCUT2D eigenvalue weighted by Gasteiger charge is 2.11. The average molecular weight is 286 g/mol. The zero-order chi connectivity index (χ0) is 14.3. The summed E-state index contributed by atoms with van der Waals surface area (Å²) in [6.07, 6.45) is 0. The summed E-state index contributed by atoms with van der Waals surface area (Å²) in [4.78, 5) is 18.0. The van der Waals surface area contributed by atoms with Crippen LogP contribution in [0.15, 0.2) is 30.3 Å². The van der Waals surface area contributed by atoms with Gasteiger partial charge in [0.05, 0.1) is 23.1 Å². The van der Waals surface area contributed by atoms with Crippen LogP contribution in [0.1, 0.15) is 25.9 Å². The van der Waals surface area contributed by atoms with Crippen LogP contribution in [0.5, 0.6) is 0 Å². The third-order valence-electron chi connectivity index (χ3n) is 3.30. The molecule has 5 heteroatoms. The number of thiophene rings is 1. The number of hydrogen-bond donors (Lipinski definition) is 1. The summed E-state index contributed by atoms with van der Waals surface area (Å²) in [6.45, 7) is 4.81. The molecule has 0 spiro atoms. The standard InChI is InChI=1S/C15H14N2O2S/c1-9-3-5-12(20-9)8-17-10(2)16-13-7-11(15(18)19)4-6-14(13)17/h3-7H,8H2,1-2H3,(H,18,19). The van der Waals surface area contributed by atoms with Gasteiger partial charge in [-0.15, -0.1) is 11.3 Å². The normalized spacial score (nSPS) is 11.1. The lowest BCUT2D eigenvalue weighted by atomic mass is 10.2. The molecule has 3 aromatic rings. The molecule has 0 amide bonds. The maximum absolute atomic E-state index is 11.0. The molecule has 0 aliphatic carbocycles. The largest absolute Gasteiger partial charge is 0.478 e. The zero-order valence-electron chi connectivity index (χ0n) is 11.3. The Hall–Kier alpha value is -2.14. The first-order valence-electron chi connectivity index (χ1n) is 6.30. The Bertz CT molecular complexity index is 801. The molecule has 0 unspecified atom stereocenters. The molecule has 0 aliphatic rings. The molecular formula is C15H14N2O2S. The zero-order valence-corrected chi connectivity index (χ0v) is 12.1. The highest BCUT2D eigenvalue weighted by Crippen LogP contribution is 2.22. The van der Waals surface area contributed by atoms with Crippen LogP contribution in [0.2, 0.25) is 0 Å². The minimum absolute atomic E-state index is 0.272. The van der Waals surface area contributed by atoms with E-state index in [1.807, 2.05) is 13.0 Å². The van der Waals surface area contributed by atoms with Gasteiger partial charge in [-0.25, -0.2) is 9.78 Å². The second-order valence-corrected chi connectivity index (χ2v) is 6.14. The van der Waals surface area contributed by atoms with E-state index in [0.29, 0.717) is 0 Å². The highest BCUT2D eigenvalue weighted by molar-refractivity contribution is 7.11. The first-order valence-corrected chi connectivity index (χ1v) is 7.12. The molecule has 0 bridgehead atoms. The van der Waals surface area contributed by atoms with Crippen molar-refractivity contribution >= 4 is 28.3 Å². The Morgan fingerprint density at radius 3 is 2.75 bits per heavy atom. The molecular weight excluding hydrogens is 272 g/mol. The lowest BCUT2D eigenvalue weighted by Crippen LogP contribution is -2.00. The Balaban J connectivity index is 2.06. The molecule has 2 heterocycles. The molecule has 1 N–H and O–H groups in total. The summed E-state index contributed by atoms with van der Waals surface area (Å²) in [5.74, 6) is -0.0263. The topological polar surface area (TPSA) is 55.1 Å². The molecule has 3 rings (SSSR count). The van der Waals surface area contributed by atoms with Crippen LogP contribution in [0, 0.1) is 13.8 Å². The average Bonchev–Trinajstić information content (AvgIpc) is 2.94. The van der Waals surface area contributed by atoms with Gasteiger partial charge in [0.25, 0.3) is 0 Å². The Morgan fingerprint density at radius 2 is 2.10 bits per heavy atom. The predicted octanol–water partition coefficient (Wildman–Crippen LogP) is 3.46. The van der Waals surface area contributed by atoms with Crippen molar-refractivity contribution in [2.45, 2.75) is 20.4 Å². The SMILES string of the molecule is Cc1ccc(Cn2c(C)nc3cc(C(=O)O)ccc32)s1. The first-order chi connectivity index (χ1) is 9.54. The van der Waals surface area contributed by atoms with Crippen molar-refractivity contribution < 1.29 is 9.90 Å². The van der Waals surface area contributed by atoms with Crippen molar-refractivity contribution in [3.05, 3.63) is 51.5 Å². The maximum atomic E-state index is 11.0. The maximum Gasteiger partial charge on any atom is 0.335 e. The van der Waals surface area contributed by atoms with E-state index in [2.05, 4.69) is 28.6 Å². The quantitative estimate of drug-likeness (QED) is 0.802. The molecule has 0 saturated carbocycles. The molecule has 20 heavy (non-hydrogen) atoms. The van der Waals surface area contributed by atoms with E-state index in [-0.39, 0.29) is 5.56 Å². The number of benzene rings is 1. The Labute approximate surface area is 120 Å². The molecule has 0 fully saturated rings. The minimum Gasteiger partial charge on any atom is -0.478 e. The van der Waals surface area contributed by atoms with Crippen molar-refractivity contribution in [2.24, 2.45) is 0 Å². The van der Waals surface area contributed by atoms with Gasteiger partial charge in [0.1, 0.15) is 5.82 Å². The third-order valence-corrected chi connectivity index (χ3v) is 4.28. The lowest BCUT2D eigenvalue weighted by molar-refractivity contribution is 0.0697.